The molecular formula is C18H24N4O. The molecule has 5 nitrogen and oxygen atoms in total. The summed E-state index contributed by atoms with van der Waals surface area (Å²) in [5.74, 6) is -0.0710. The van der Waals surface area contributed by atoms with Gasteiger partial charge in [-0.25, -0.2) is 0 Å². The quantitative estimate of drug-likeness (QED) is 0.869. The first kappa shape index (κ1) is 15.7. The van der Waals surface area contributed by atoms with Crippen molar-refractivity contribution in [2.24, 2.45) is 0 Å². The molecule has 2 heterocycles. The number of carbonyl (C=O) groups is 1. The molecule has 3 rings (SSSR count). The van der Waals surface area contributed by atoms with Crippen molar-refractivity contribution >= 4 is 11.6 Å². The maximum Gasteiger partial charge on any atom is 0.280 e. The summed E-state index contributed by atoms with van der Waals surface area (Å²) in [5, 5.41) is 8.17. The Morgan fingerprint density at radius 1 is 1.30 bits per heavy atom. The summed E-state index contributed by atoms with van der Waals surface area (Å²) in [6.07, 6.45) is 3.89. The van der Waals surface area contributed by atoms with Gasteiger partial charge in [-0.2, -0.15) is 0 Å². The maximum absolute atomic E-state index is 13.0. The second kappa shape index (κ2) is 5.80. The largest absolute Gasteiger partial charge is 0.303 e. The third kappa shape index (κ3) is 2.54. The Labute approximate surface area is 137 Å². The molecule has 0 fully saturated rings. The standard InChI is InChI=1S/C18H24N4O/c1-5-6-11-21-12-15(19-20-21)17(23)22-13(2)18(3,4)14-9-7-8-10-16(14)22/h7-10,12-13H,5-6,11H2,1-4H3. The number of benzene rings is 1. The van der Waals surface area contributed by atoms with E-state index in [2.05, 4.69) is 44.1 Å². The zero-order valence-corrected chi connectivity index (χ0v) is 14.3. The second-order valence-corrected chi connectivity index (χ2v) is 6.81. The topological polar surface area (TPSA) is 51.0 Å². The Morgan fingerprint density at radius 3 is 2.78 bits per heavy atom. The van der Waals surface area contributed by atoms with E-state index >= 15 is 0 Å². The van der Waals surface area contributed by atoms with Gasteiger partial charge in [-0.1, -0.05) is 50.6 Å². The Kier molecular flexibility index (Phi) is 3.96. The van der Waals surface area contributed by atoms with E-state index in [0.29, 0.717) is 5.69 Å². The zero-order valence-electron chi connectivity index (χ0n) is 14.3. The highest BCUT2D eigenvalue weighted by Gasteiger charge is 2.44. The number of amides is 1. The highest BCUT2D eigenvalue weighted by atomic mass is 16.2. The molecule has 1 aliphatic rings. The summed E-state index contributed by atoms with van der Waals surface area (Å²) in [6, 6.07) is 8.21. The molecular weight excluding hydrogens is 288 g/mol. The van der Waals surface area contributed by atoms with Gasteiger partial charge in [0.05, 0.1) is 6.20 Å². The molecule has 1 unspecified atom stereocenters. The predicted octanol–water partition coefficient (Wildman–Crippen LogP) is 3.40. The molecule has 0 saturated carbocycles. The third-order valence-electron chi connectivity index (χ3n) is 5.01. The van der Waals surface area contributed by atoms with Crippen LogP contribution in [0.15, 0.2) is 30.5 Å². The molecule has 1 aromatic carbocycles. The molecule has 0 spiro atoms. The molecule has 0 aliphatic carbocycles. The molecule has 1 amide bonds. The number of unbranched alkanes of at least 4 members (excludes halogenated alkanes) is 1. The SMILES string of the molecule is CCCCn1cc(C(=O)N2c3ccccc3C(C)(C)C2C)nn1. The molecule has 2 aromatic rings. The van der Waals surface area contributed by atoms with Crippen LogP contribution in [0.3, 0.4) is 0 Å². The number of hydrogen-bond donors (Lipinski definition) is 0. The van der Waals surface area contributed by atoms with Crippen LogP contribution in [-0.2, 0) is 12.0 Å². The normalized spacial score (nSPS) is 19.0. The summed E-state index contributed by atoms with van der Waals surface area (Å²) in [4.78, 5) is 14.9. The van der Waals surface area contributed by atoms with Gasteiger partial charge in [0.2, 0.25) is 0 Å². The van der Waals surface area contributed by atoms with Gasteiger partial charge in [0.25, 0.3) is 5.91 Å². The van der Waals surface area contributed by atoms with Crippen molar-refractivity contribution in [2.45, 2.75) is 58.5 Å². The summed E-state index contributed by atoms with van der Waals surface area (Å²) in [5.41, 5.74) is 2.53. The van der Waals surface area contributed by atoms with E-state index in [4.69, 9.17) is 0 Å². The predicted molar refractivity (Wildman–Crippen MR) is 90.7 cm³/mol. The van der Waals surface area contributed by atoms with Crippen LogP contribution in [0.1, 0.15) is 56.6 Å². The first-order valence-electron chi connectivity index (χ1n) is 8.30. The van der Waals surface area contributed by atoms with Crippen molar-refractivity contribution in [3.63, 3.8) is 0 Å². The van der Waals surface area contributed by atoms with E-state index in [1.165, 1.54) is 5.56 Å². The fourth-order valence-corrected chi connectivity index (χ4v) is 3.22. The van der Waals surface area contributed by atoms with Gasteiger partial charge in [-0.15, -0.1) is 5.10 Å². The summed E-state index contributed by atoms with van der Waals surface area (Å²) < 4.78 is 1.76. The van der Waals surface area contributed by atoms with Gasteiger partial charge in [-0.05, 0) is 25.0 Å². The van der Waals surface area contributed by atoms with Crippen molar-refractivity contribution < 1.29 is 4.79 Å². The molecule has 0 bridgehead atoms. The number of nitrogens with zero attached hydrogens (tertiary/aromatic N) is 4. The maximum atomic E-state index is 13.0. The van der Waals surface area contributed by atoms with E-state index in [9.17, 15) is 4.79 Å². The van der Waals surface area contributed by atoms with Crippen molar-refractivity contribution in [2.75, 3.05) is 4.90 Å². The number of anilines is 1. The summed E-state index contributed by atoms with van der Waals surface area (Å²) >= 11 is 0. The van der Waals surface area contributed by atoms with Gasteiger partial charge in [0, 0.05) is 23.7 Å². The van der Waals surface area contributed by atoms with E-state index in [0.717, 1.165) is 25.1 Å². The molecule has 0 N–H and O–H groups in total. The van der Waals surface area contributed by atoms with Crippen molar-refractivity contribution in [1.29, 1.82) is 0 Å². The number of hydrogen-bond acceptors (Lipinski definition) is 3. The highest BCUT2D eigenvalue weighted by molar-refractivity contribution is 6.06. The minimum atomic E-state index is -0.0789. The van der Waals surface area contributed by atoms with Crippen molar-refractivity contribution in [1.82, 2.24) is 15.0 Å². The fraction of sp³-hybridized carbons (Fsp3) is 0.500. The molecule has 122 valence electrons. The number of aryl methyl sites for hydroxylation is 1. The van der Waals surface area contributed by atoms with Crippen LogP contribution in [0.2, 0.25) is 0 Å². The van der Waals surface area contributed by atoms with Crippen LogP contribution in [0.25, 0.3) is 0 Å². The number of para-hydroxylation sites is 1. The van der Waals surface area contributed by atoms with E-state index in [-0.39, 0.29) is 17.4 Å². The minimum absolute atomic E-state index is 0.0710. The molecule has 1 aliphatic heterocycles. The first-order valence-corrected chi connectivity index (χ1v) is 8.30. The van der Waals surface area contributed by atoms with Gasteiger partial charge in [0.15, 0.2) is 5.69 Å². The van der Waals surface area contributed by atoms with Gasteiger partial charge < -0.3 is 4.90 Å². The molecule has 0 radical (unpaired) electrons. The van der Waals surface area contributed by atoms with Crippen molar-refractivity contribution in [3.8, 4) is 0 Å². The van der Waals surface area contributed by atoms with Crippen LogP contribution >= 0.6 is 0 Å². The lowest BCUT2D eigenvalue weighted by Gasteiger charge is -2.29. The lowest BCUT2D eigenvalue weighted by molar-refractivity contribution is 0.0970. The summed E-state index contributed by atoms with van der Waals surface area (Å²) in [7, 11) is 0. The van der Waals surface area contributed by atoms with E-state index < -0.39 is 0 Å². The Balaban J connectivity index is 1.92. The highest BCUT2D eigenvalue weighted by Crippen LogP contribution is 2.45. The number of fused-ring (bicyclic) bond motifs is 1. The van der Waals surface area contributed by atoms with E-state index in [1.807, 2.05) is 23.1 Å². The molecule has 0 saturated heterocycles. The number of rotatable bonds is 4. The van der Waals surface area contributed by atoms with Crippen LogP contribution in [0.4, 0.5) is 5.69 Å². The van der Waals surface area contributed by atoms with E-state index in [1.54, 1.807) is 10.9 Å². The zero-order chi connectivity index (χ0) is 16.6. The molecule has 1 atom stereocenters. The average Bonchev–Trinajstić information content (AvgIpc) is 3.08. The Bertz CT molecular complexity index is 719. The monoisotopic (exact) mass is 312 g/mol. The number of aromatic nitrogens is 3. The molecule has 23 heavy (non-hydrogen) atoms. The lowest BCUT2D eigenvalue weighted by Crippen LogP contribution is -2.42. The van der Waals surface area contributed by atoms with Gasteiger partial charge in [-0.3, -0.25) is 9.48 Å². The lowest BCUT2D eigenvalue weighted by atomic mass is 9.81. The second-order valence-electron chi connectivity index (χ2n) is 6.81. The Morgan fingerprint density at radius 2 is 2.04 bits per heavy atom. The third-order valence-corrected chi connectivity index (χ3v) is 5.01. The first-order chi connectivity index (χ1) is 11.0. The summed E-state index contributed by atoms with van der Waals surface area (Å²) in [6.45, 7) is 9.39. The smallest absolute Gasteiger partial charge is 0.280 e. The van der Waals surface area contributed by atoms with Crippen LogP contribution in [0, 0.1) is 0 Å². The van der Waals surface area contributed by atoms with Gasteiger partial charge >= 0.3 is 0 Å². The average molecular weight is 312 g/mol. The van der Waals surface area contributed by atoms with Crippen LogP contribution in [0.5, 0.6) is 0 Å². The van der Waals surface area contributed by atoms with Crippen molar-refractivity contribution in [3.05, 3.63) is 41.7 Å². The minimum Gasteiger partial charge on any atom is -0.303 e. The molecule has 5 heteroatoms. The van der Waals surface area contributed by atoms with Gasteiger partial charge in [0.1, 0.15) is 0 Å². The molecule has 1 aromatic heterocycles. The van der Waals surface area contributed by atoms with Crippen LogP contribution in [-0.4, -0.2) is 26.9 Å². The fourth-order valence-electron chi connectivity index (χ4n) is 3.22. The van der Waals surface area contributed by atoms with Crippen LogP contribution < -0.4 is 4.90 Å². The number of carbonyl (C=O) groups excluding carboxylic acids is 1. The Hall–Kier alpha value is -2.17.